The number of hydrogen-bond acceptors (Lipinski definition) is 5. The molecule has 0 bridgehead atoms. The number of carbonyl (C=O) groups is 1. The molecule has 9 rings (SSSR count). The van der Waals surface area contributed by atoms with Crippen LogP contribution < -0.4 is 10.5 Å². The monoisotopic (exact) mass is 646 g/mol. The molecule has 3 aromatic heterocycles. The minimum atomic E-state index is -0.665. The second kappa shape index (κ2) is 12.0. The zero-order valence-electron chi connectivity index (χ0n) is 26.9. The van der Waals surface area contributed by atoms with Crippen LogP contribution in [0.1, 0.15) is 33.2 Å². The Balaban J connectivity index is 1.47. The number of nitrogens with zero attached hydrogens (tertiary/aromatic N) is 2. The third kappa shape index (κ3) is 4.85. The first kappa shape index (κ1) is 29.4. The van der Waals surface area contributed by atoms with Gasteiger partial charge in [0.25, 0.3) is 0 Å². The van der Waals surface area contributed by atoms with Gasteiger partial charge in [-0.3, -0.25) is 9.78 Å². The van der Waals surface area contributed by atoms with Crippen molar-refractivity contribution in [3.8, 4) is 39.5 Å². The van der Waals surface area contributed by atoms with Crippen molar-refractivity contribution in [2.75, 3.05) is 5.73 Å². The number of pyridine rings is 2. The molecule has 50 heavy (non-hydrogen) atoms. The van der Waals surface area contributed by atoms with Gasteiger partial charge in [0.1, 0.15) is 11.9 Å². The molecule has 4 heterocycles. The number of fused-ring (bicyclic) bond motifs is 3. The molecule has 5 aromatic carbocycles. The molecular formula is C44H30N4O2. The van der Waals surface area contributed by atoms with E-state index in [4.69, 9.17) is 20.4 Å². The van der Waals surface area contributed by atoms with Gasteiger partial charge in [-0.15, -0.1) is 0 Å². The summed E-state index contributed by atoms with van der Waals surface area (Å²) in [6, 6.07) is 43.2. The SMILES string of the molecule is Nc1c(-c2nccc3ccccc23)c(-c2ccc[nH]2)c(C(=O)c2ccccc2)c(C2C=Cc3ccccc3O2)c1-c1ccc2ccccc2n1. The number of ether oxygens (including phenoxy) is 1. The Hall–Kier alpha value is -6.79. The van der Waals surface area contributed by atoms with E-state index in [-0.39, 0.29) is 5.78 Å². The minimum Gasteiger partial charge on any atom is -0.481 e. The van der Waals surface area contributed by atoms with Gasteiger partial charge in [-0.25, -0.2) is 4.98 Å². The maximum Gasteiger partial charge on any atom is 0.194 e. The summed E-state index contributed by atoms with van der Waals surface area (Å²) in [7, 11) is 0. The van der Waals surface area contributed by atoms with Crippen LogP contribution in [0.4, 0.5) is 5.69 Å². The third-order valence-corrected chi connectivity index (χ3v) is 9.38. The molecule has 1 unspecified atom stereocenters. The summed E-state index contributed by atoms with van der Waals surface area (Å²) < 4.78 is 6.79. The highest BCUT2D eigenvalue weighted by atomic mass is 16.5. The molecule has 3 N–H and O–H groups in total. The average molecular weight is 647 g/mol. The van der Waals surface area contributed by atoms with E-state index >= 15 is 4.79 Å². The van der Waals surface area contributed by atoms with Gasteiger partial charge in [-0.05, 0) is 47.9 Å². The van der Waals surface area contributed by atoms with E-state index in [2.05, 4.69) is 11.1 Å². The summed E-state index contributed by atoms with van der Waals surface area (Å²) in [5.41, 5.74) is 15.4. The van der Waals surface area contributed by atoms with Crippen molar-refractivity contribution >= 4 is 39.2 Å². The van der Waals surface area contributed by atoms with E-state index in [1.165, 1.54) is 0 Å². The van der Waals surface area contributed by atoms with Crippen LogP contribution in [0.5, 0.6) is 5.75 Å². The Kier molecular flexibility index (Phi) is 7.06. The summed E-state index contributed by atoms with van der Waals surface area (Å²) in [4.78, 5) is 28.8. The number of carbonyl (C=O) groups excluding carboxylic acids is 1. The molecule has 0 amide bonds. The molecule has 0 aliphatic carbocycles. The predicted molar refractivity (Wildman–Crippen MR) is 201 cm³/mol. The number of hydrogen-bond donors (Lipinski definition) is 2. The van der Waals surface area contributed by atoms with Crippen LogP contribution in [-0.2, 0) is 0 Å². The van der Waals surface area contributed by atoms with Crippen molar-refractivity contribution in [3.05, 3.63) is 174 Å². The van der Waals surface area contributed by atoms with E-state index < -0.39 is 6.10 Å². The summed E-state index contributed by atoms with van der Waals surface area (Å²) in [6.07, 6.45) is 7.02. The van der Waals surface area contributed by atoms with Gasteiger partial charge >= 0.3 is 0 Å². The quantitative estimate of drug-likeness (QED) is 0.139. The lowest BCUT2D eigenvalue weighted by molar-refractivity contribution is 0.103. The Morgan fingerprint density at radius 3 is 2.36 bits per heavy atom. The number of nitrogen functional groups attached to an aromatic ring is 1. The number of nitrogens with one attached hydrogen (secondary N) is 1. The van der Waals surface area contributed by atoms with E-state index in [0.717, 1.165) is 38.7 Å². The van der Waals surface area contributed by atoms with Gasteiger partial charge in [0, 0.05) is 67.8 Å². The van der Waals surface area contributed by atoms with Crippen molar-refractivity contribution in [2.24, 2.45) is 0 Å². The number of nitrogens with two attached hydrogens (primary N) is 1. The van der Waals surface area contributed by atoms with Crippen LogP contribution in [0, 0.1) is 0 Å². The zero-order valence-corrected chi connectivity index (χ0v) is 26.9. The van der Waals surface area contributed by atoms with Gasteiger partial charge in [-0.1, -0.05) is 103 Å². The van der Waals surface area contributed by atoms with Crippen molar-refractivity contribution in [2.45, 2.75) is 6.10 Å². The number of H-pyrrole nitrogens is 1. The van der Waals surface area contributed by atoms with Gasteiger partial charge in [0.2, 0.25) is 0 Å². The van der Waals surface area contributed by atoms with E-state index in [1.807, 2.05) is 146 Å². The molecule has 0 saturated heterocycles. The molecule has 8 aromatic rings. The molecule has 0 fully saturated rings. The molecule has 0 saturated carbocycles. The molecular weight excluding hydrogens is 617 g/mol. The van der Waals surface area contributed by atoms with E-state index in [9.17, 15) is 0 Å². The highest BCUT2D eigenvalue weighted by Crippen LogP contribution is 2.51. The number of aromatic amines is 1. The van der Waals surface area contributed by atoms with Crippen molar-refractivity contribution in [1.82, 2.24) is 15.0 Å². The first-order chi connectivity index (χ1) is 24.7. The van der Waals surface area contributed by atoms with Gasteiger partial charge in [-0.2, -0.15) is 0 Å². The Bertz CT molecular complexity index is 2600. The van der Waals surface area contributed by atoms with Crippen molar-refractivity contribution < 1.29 is 9.53 Å². The van der Waals surface area contributed by atoms with Crippen LogP contribution in [0.25, 0.3) is 61.5 Å². The van der Waals surface area contributed by atoms with E-state index in [0.29, 0.717) is 50.5 Å². The topological polar surface area (TPSA) is 93.9 Å². The lowest BCUT2D eigenvalue weighted by atomic mass is 9.79. The number of para-hydroxylation sites is 2. The van der Waals surface area contributed by atoms with Crippen LogP contribution in [-0.4, -0.2) is 20.7 Å². The van der Waals surface area contributed by atoms with Crippen LogP contribution >= 0.6 is 0 Å². The Morgan fingerprint density at radius 2 is 1.50 bits per heavy atom. The molecule has 0 spiro atoms. The number of anilines is 1. The maximum atomic E-state index is 15.3. The fourth-order valence-electron chi connectivity index (χ4n) is 7.09. The summed E-state index contributed by atoms with van der Waals surface area (Å²) >= 11 is 0. The summed E-state index contributed by atoms with van der Waals surface area (Å²) in [5, 5.41) is 2.93. The fraction of sp³-hybridized carbons (Fsp3) is 0.0227. The van der Waals surface area contributed by atoms with Gasteiger partial charge in [0.15, 0.2) is 5.78 Å². The standard InChI is InChI=1S/C44H30N4O2/c45-42-38(34-22-20-28-12-5-8-17-32(28)48-34)39(36-23-21-29-13-6-9-19-35(29)50-36)40(44(49)30-14-2-1-3-15-30)37(33-18-10-25-46-33)41(42)43-31-16-7-4-11-27(31)24-26-47-43/h1-26,36,46H,45H2. The largest absolute Gasteiger partial charge is 0.481 e. The van der Waals surface area contributed by atoms with Crippen molar-refractivity contribution in [1.29, 1.82) is 0 Å². The lowest BCUT2D eigenvalue weighted by Crippen LogP contribution is -2.19. The number of rotatable bonds is 6. The Labute approximate surface area is 288 Å². The smallest absolute Gasteiger partial charge is 0.194 e. The fourth-order valence-corrected chi connectivity index (χ4v) is 7.09. The van der Waals surface area contributed by atoms with Gasteiger partial charge in [0.05, 0.1) is 22.6 Å². The molecule has 1 aliphatic heterocycles. The highest BCUT2D eigenvalue weighted by molar-refractivity contribution is 6.20. The average Bonchev–Trinajstić information content (AvgIpc) is 3.72. The number of ketones is 1. The highest BCUT2D eigenvalue weighted by Gasteiger charge is 2.35. The second-order valence-electron chi connectivity index (χ2n) is 12.3. The maximum absolute atomic E-state index is 15.3. The molecule has 1 atom stereocenters. The first-order valence-corrected chi connectivity index (χ1v) is 16.5. The summed E-state index contributed by atoms with van der Waals surface area (Å²) in [6.45, 7) is 0. The lowest BCUT2D eigenvalue weighted by Gasteiger charge is -2.30. The van der Waals surface area contributed by atoms with E-state index in [1.54, 1.807) is 6.20 Å². The normalized spacial score (nSPS) is 13.6. The number of aromatic nitrogens is 3. The zero-order chi connectivity index (χ0) is 33.6. The van der Waals surface area contributed by atoms with Gasteiger partial charge < -0.3 is 15.5 Å². The molecule has 0 radical (unpaired) electrons. The minimum absolute atomic E-state index is 0.162. The van der Waals surface area contributed by atoms with Crippen LogP contribution in [0.2, 0.25) is 0 Å². The molecule has 6 nitrogen and oxygen atoms in total. The third-order valence-electron chi connectivity index (χ3n) is 9.38. The predicted octanol–water partition coefficient (Wildman–Crippen LogP) is 10.1. The van der Waals surface area contributed by atoms with Crippen molar-refractivity contribution in [3.63, 3.8) is 0 Å². The van der Waals surface area contributed by atoms with Crippen LogP contribution in [0.3, 0.4) is 0 Å². The molecule has 6 heteroatoms. The Morgan fingerprint density at radius 1 is 0.720 bits per heavy atom. The number of benzene rings is 5. The molecule has 238 valence electrons. The molecule has 1 aliphatic rings. The first-order valence-electron chi connectivity index (χ1n) is 16.5. The second-order valence-corrected chi connectivity index (χ2v) is 12.3. The van der Waals surface area contributed by atoms with Crippen LogP contribution in [0.15, 0.2) is 152 Å². The summed E-state index contributed by atoms with van der Waals surface area (Å²) in [5.74, 6) is 0.555.